The van der Waals surface area contributed by atoms with E-state index in [9.17, 15) is 13.6 Å². The van der Waals surface area contributed by atoms with Gasteiger partial charge < -0.3 is 10.1 Å². The van der Waals surface area contributed by atoms with Crippen molar-refractivity contribution in [1.29, 1.82) is 0 Å². The monoisotopic (exact) mass is 307 g/mol. The average Bonchev–Trinajstić information content (AvgIpc) is 2.26. The fraction of sp³-hybridized carbons (Fsp3) is 0.364. The third kappa shape index (κ3) is 3.66. The van der Waals surface area contributed by atoms with E-state index in [1.165, 1.54) is 13.0 Å². The first-order valence-corrected chi connectivity index (χ1v) is 5.82. The van der Waals surface area contributed by atoms with E-state index < -0.39 is 23.6 Å². The Morgan fingerprint density at radius 2 is 2.12 bits per heavy atom. The third-order valence-corrected chi connectivity index (χ3v) is 2.63. The van der Waals surface area contributed by atoms with Gasteiger partial charge in [-0.3, -0.25) is 0 Å². The Balaban J connectivity index is 2.81. The van der Waals surface area contributed by atoms with E-state index in [1.807, 2.05) is 0 Å². The molecule has 17 heavy (non-hydrogen) atoms. The predicted octanol–water partition coefficient (Wildman–Crippen LogP) is 3.09. The van der Waals surface area contributed by atoms with Crippen molar-refractivity contribution in [3.8, 4) is 0 Å². The normalized spacial score (nSPS) is 12.1. The molecule has 1 rings (SSSR count). The van der Waals surface area contributed by atoms with Gasteiger partial charge in [0.1, 0.15) is 17.7 Å². The number of rotatable bonds is 4. The van der Waals surface area contributed by atoms with E-state index in [0.29, 0.717) is 0 Å². The molecule has 0 bridgehead atoms. The number of ether oxygens (including phenoxy) is 1. The molecule has 1 unspecified atom stereocenters. The number of carbonyl (C=O) groups is 1. The van der Waals surface area contributed by atoms with Crippen molar-refractivity contribution < 1.29 is 18.3 Å². The number of hydrogen-bond acceptors (Lipinski definition) is 3. The summed E-state index contributed by atoms with van der Waals surface area (Å²) in [5, 5.41) is 2.62. The van der Waals surface area contributed by atoms with E-state index in [-0.39, 0.29) is 16.8 Å². The van der Waals surface area contributed by atoms with Crippen LogP contribution in [0.15, 0.2) is 16.6 Å². The summed E-state index contributed by atoms with van der Waals surface area (Å²) in [4.78, 5) is 11.3. The van der Waals surface area contributed by atoms with Gasteiger partial charge in [-0.2, -0.15) is 0 Å². The molecule has 0 amide bonds. The summed E-state index contributed by atoms with van der Waals surface area (Å²) in [5.41, 5.74) is 0.0406. The molecule has 1 aromatic carbocycles. The van der Waals surface area contributed by atoms with Crippen LogP contribution in [-0.4, -0.2) is 18.6 Å². The highest BCUT2D eigenvalue weighted by Crippen LogP contribution is 2.24. The second kappa shape index (κ2) is 5.95. The lowest BCUT2D eigenvalue weighted by Gasteiger charge is -2.14. The van der Waals surface area contributed by atoms with Crippen molar-refractivity contribution in [2.45, 2.75) is 19.9 Å². The molecule has 0 aliphatic rings. The molecule has 1 atom stereocenters. The van der Waals surface area contributed by atoms with Crippen molar-refractivity contribution >= 4 is 27.6 Å². The van der Waals surface area contributed by atoms with E-state index in [4.69, 9.17) is 4.74 Å². The summed E-state index contributed by atoms with van der Waals surface area (Å²) in [7, 11) is 0. The maximum Gasteiger partial charge on any atom is 0.328 e. The zero-order chi connectivity index (χ0) is 13.0. The van der Waals surface area contributed by atoms with E-state index in [1.54, 1.807) is 6.92 Å². The molecular weight excluding hydrogens is 296 g/mol. The number of halogens is 3. The van der Waals surface area contributed by atoms with Gasteiger partial charge in [-0.1, -0.05) is 0 Å². The highest BCUT2D eigenvalue weighted by molar-refractivity contribution is 9.10. The summed E-state index contributed by atoms with van der Waals surface area (Å²) in [6.45, 7) is 3.47. The predicted molar refractivity (Wildman–Crippen MR) is 63.8 cm³/mol. The number of nitrogens with one attached hydrogen (secondary N) is 1. The topological polar surface area (TPSA) is 38.3 Å². The number of esters is 1. The van der Waals surface area contributed by atoms with Gasteiger partial charge in [0.05, 0.1) is 16.8 Å². The molecule has 0 heterocycles. The largest absolute Gasteiger partial charge is 0.464 e. The molecule has 6 heteroatoms. The fourth-order valence-electron chi connectivity index (χ4n) is 1.19. The Labute approximate surface area is 106 Å². The first-order chi connectivity index (χ1) is 7.95. The van der Waals surface area contributed by atoms with Gasteiger partial charge in [-0.05, 0) is 35.8 Å². The highest BCUT2D eigenvalue weighted by atomic mass is 79.9. The molecule has 94 valence electrons. The van der Waals surface area contributed by atoms with Gasteiger partial charge in [-0.25, -0.2) is 13.6 Å². The molecule has 0 fully saturated rings. The molecular formula is C11H12BrF2NO2. The van der Waals surface area contributed by atoms with Crippen LogP contribution >= 0.6 is 15.9 Å². The molecule has 0 aliphatic carbocycles. The van der Waals surface area contributed by atoms with E-state index in [2.05, 4.69) is 21.2 Å². The highest BCUT2D eigenvalue weighted by Gasteiger charge is 2.16. The fourth-order valence-corrected chi connectivity index (χ4v) is 1.54. The standard InChI is InChI=1S/C11H12BrF2NO2/c1-3-17-11(16)6(2)15-10-4-7(12)8(13)5-9(10)14/h4-6,15H,3H2,1-2H3. The van der Waals surface area contributed by atoms with Crippen LogP contribution in [-0.2, 0) is 9.53 Å². The molecule has 1 aromatic rings. The summed E-state index contributed by atoms with van der Waals surface area (Å²) >= 11 is 2.94. The van der Waals surface area contributed by atoms with E-state index >= 15 is 0 Å². The minimum atomic E-state index is -0.762. The zero-order valence-corrected chi connectivity index (χ0v) is 11.0. The zero-order valence-electron chi connectivity index (χ0n) is 9.39. The number of hydrogen-bond donors (Lipinski definition) is 1. The van der Waals surface area contributed by atoms with Crippen LogP contribution in [0.5, 0.6) is 0 Å². The van der Waals surface area contributed by atoms with Crippen LogP contribution in [0.1, 0.15) is 13.8 Å². The maximum absolute atomic E-state index is 13.4. The molecule has 0 saturated carbocycles. The number of benzene rings is 1. The third-order valence-electron chi connectivity index (χ3n) is 2.02. The number of carbonyl (C=O) groups excluding carboxylic acids is 1. The smallest absolute Gasteiger partial charge is 0.328 e. The molecule has 0 spiro atoms. The van der Waals surface area contributed by atoms with E-state index in [0.717, 1.165) is 6.07 Å². The first-order valence-electron chi connectivity index (χ1n) is 5.03. The van der Waals surface area contributed by atoms with Crippen molar-refractivity contribution in [2.75, 3.05) is 11.9 Å². The van der Waals surface area contributed by atoms with Crippen LogP contribution in [0.25, 0.3) is 0 Å². The molecule has 0 radical (unpaired) electrons. The van der Waals surface area contributed by atoms with Gasteiger partial charge in [0.15, 0.2) is 0 Å². The van der Waals surface area contributed by atoms with Crippen LogP contribution in [0.3, 0.4) is 0 Å². The Kier molecular flexibility index (Phi) is 4.86. The molecule has 0 saturated heterocycles. The van der Waals surface area contributed by atoms with Crippen molar-refractivity contribution in [3.05, 3.63) is 28.2 Å². The van der Waals surface area contributed by atoms with Crippen LogP contribution in [0, 0.1) is 11.6 Å². The Bertz CT molecular complexity index is 426. The minimum Gasteiger partial charge on any atom is -0.464 e. The molecule has 3 nitrogen and oxygen atoms in total. The van der Waals surface area contributed by atoms with Gasteiger partial charge in [0, 0.05) is 6.07 Å². The summed E-state index contributed by atoms with van der Waals surface area (Å²) in [5.74, 6) is -1.95. The lowest BCUT2D eigenvalue weighted by atomic mass is 10.2. The molecule has 0 aromatic heterocycles. The van der Waals surface area contributed by atoms with Crippen molar-refractivity contribution in [1.82, 2.24) is 0 Å². The van der Waals surface area contributed by atoms with Crippen LogP contribution < -0.4 is 5.32 Å². The second-order valence-electron chi connectivity index (χ2n) is 3.36. The quantitative estimate of drug-likeness (QED) is 0.686. The molecule has 0 aliphatic heterocycles. The maximum atomic E-state index is 13.4. The SMILES string of the molecule is CCOC(=O)C(C)Nc1cc(Br)c(F)cc1F. The van der Waals surface area contributed by atoms with Gasteiger partial charge in [0.25, 0.3) is 0 Å². The first kappa shape index (κ1) is 13.9. The Hall–Kier alpha value is -1.17. The minimum absolute atomic E-state index is 0.0406. The summed E-state index contributed by atoms with van der Waals surface area (Å²) < 4.78 is 31.2. The lowest BCUT2D eigenvalue weighted by Crippen LogP contribution is -2.28. The lowest BCUT2D eigenvalue weighted by molar-refractivity contribution is -0.143. The van der Waals surface area contributed by atoms with Gasteiger partial charge >= 0.3 is 5.97 Å². The van der Waals surface area contributed by atoms with Gasteiger partial charge in [0.2, 0.25) is 0 Å². The van der Waals surface area contributed by atoms with Crippen LogP contribution in [0.2, 0.25) is 0 Å². The van der Waals surface area contributed by atoms with Crippen molar-refractivity contribution in [2.24, 2.45) is 0 Å². The second-order valence-corrected chi connectivity index (χ2v) is 4.22. The van der Waals surface area contributed by atoms with Crippen molar-refractivity contribution in [3.63, 3.8) is 0 Å². The molecule has 1 N–H and O–H groups in total. The number of anilines is 1. The Morgan fingerprint density at radius 1 is 1.47 bits per heavy atom. The van der Waals surface area contributed by atoms with Crippen LogP contribution in [0.4, 0.5) is 14.5 Å². The average molecular weight is 308 g/mol. The Morgan fingerprint density at radius 3 is 2.71 bits per heavy atom. The van der Waals surface area contributed by atoms with Gasteiger partial charge in [-0.15, -0.1) is 0 Å². The summed E-state index contributed by atoms with van der Waals surface area (Å²) in [6, 6.07) is 1.27. The summed E-state index contributed by atoms with van der Waals surface area (Å²) in [6.07, 6.45) is 0.